The van der Waals surface area contributed by atoms with E-state index in [0.717, 1.165) is 24.8 Å². The third-order valence-electron chi connectivity index (χ3n) is 4.55. The van der Waals surface area contributed by atoms with Gasteiger partial charge in [0.2, 0.25) is 5.91 Å². The molecule has 0 radical (unpaired) electrons. The fourth-order valence-corrected chi connectivity index (χ4v) is 3.04. The highest BCUT2D eigenvalue weighted by atomic mass is 16.5. The van der Waals surface area contributed by atoms with Crippen molar-refractivity contribution in [3.63, 3.8) is 0 Å². The van der Waals surface area contributed by atoms with Crippen LogP contribution in [0.4, 0.5) is 0 Å². The molecule has 1 heterocycles. The molecule has 2 amide bonds. The van der Waals surface area contributed by atoms with Crippen LogP contribution in [0.25, 0.3) is 0 Å². The minimum absolute atomic E-state index is 0.168. The summed E-state index contributed by atoms with van der Waals surface area (Å²) in [5.74, 6) is -0.753. The highest BCUT2D eigenvalue weighted by molar-refractivity contribution is 6.01. The van der Waals surface area contributed by atoms with Gasteiger partial charge in [-0.2, -0.15) is 0 Å². The normalized spacial score (nSPS) is 16.1. The molecule has 1 aromatic carbocycles. The number of esters is 1. The van der Waals surface area contributed by atoms with E-state index in [4.69, 9.17) is 9.47 Å². The van der Waals surface area contributed by atoms with Gasteiger partial charge < -0.3 is 19.7 Å². The highest BCUT2D eigenvalue weighted by Gasteiger charge is 2.36. The van der Waals surface area contributed by atoms with Gasteiger partial charge in [0.05, 0.1) is 18.6 Å². The first kappa shape index (κ1) is 22.5. The Kier molecular flexibility index (Phi) is 8.70. The van der Waals surface area contributed by atoms with Crippen molar-refractivity contribution in [2.75, 3.05) is 26.3 Å². The van der Waals surface area contributed by atoms with Gasteiger partial charge in [-0.3, -0.25) is 14.4 Å². The van der Waals surface area contributed by atoms with Crippen molar-refractivity contribution in [3.8, 4) is 5.75 Å². The summed E-state index contributed by atoms with van der Waals surface area (Å²) in [5.41, 5.74) is 1.18. The summed E-state index contributed by atoms with van der Waals surface area (Å²) in [6.45, 7) is 8.96. The molecule has 1 saturated heterocycles. The summed E-state index contributed by atoms with van der Waals surface area (Å²) in [6, 6.07) is 5.98. The SMILES string of the molecule is C=C(C)COc1ccccc1C(=O)N1CCNC(=O)C1CC(=O)OCCCCC. The summed E-state index contributed by atoms with van der Waals surface area (Å²) in [7, 11) is 0. The van der Waals surface area contributed by atoms with Crippen LogP contribution < -0.4 is 10.1 Å². The number of carbonyl (C=O) groups is 3. The summed E-state index contributed by atoms with van der Waals surface area (Å²) in [5, 5.41) is 2.72. The van der Waals surface area contributed by atoms with Gasteiger partial charge in [0.25, 0.3) is 5.91 Å². The van der Waals surface area contributed by atoms with Gasteiger partial charge in [0.1, 0.15) is 18.4 Å². The fourth-order valence-electron chi connectivity index (χ4n) is 3.04. The first-order chi connectivity index (χ1) is 13.9. The number of benzene rings is 1. The van der Waals surface area contributed by atoms with Gasteiger partial charge >= 0.3 is 5.97 Å². The topological polar surface area (TPSA) is 84.9 Å². The van der Waals surface area contributed by atoms with Crippen LogP contribution in [0.5, 0.6) is 5.75 Å². The number of ether oxygens (including phenoxy) is 2. The second-order valence-electron chi connectivity index (χ2n) is 7.18. The number of unbranched alkanes of at least 4 members (excludes halogenated alkanes) is 2. The molecule has 0 bridgehead atoms. The van der Waals surface area contributed by atoms with Crippen molar-refractivity contribution < 1.29 is 23.9 Å². The van der Waals surface area contributed by atoms with Crippen molar-refractivity contribution in [2.45, 2.75) is 45.6 Å². The van der Waals surface area contributed by atoms with Crippen LogP contribution in [0.3, 0.4) is 0 Å². The summed E-state index contributed by atoms with van der Waals surface area (Å²) in [6.07, 6.45) is 2.62. The Morgan fingerprint density at radius 3 is 2.76 bits per heavy atom. The van der Waals surface area contributed by atoms with E-state index in [0.29, 0.717) is 31.0 Å². The van der Waals surface area contributed by atoms with E-state index in [1.807, 2.05) is 6.92 Å². The Bertz CT molecular complexity index is 746. The fraction of sp³-hybridized carbons (Fsp3) is 0.500. The number of hydrogen-bond acceptors (Lipinski definition) is 5. The largest absolute Gasteiger partial charge is 0.488 e. The lowest BCUT2D eigenvalue weighted by Crippen LogP contribution is -2.57. The number of para-hydroxylation sites is 1. The van der Waals surface area contributed by atoms with Crippen LogP contribution >= 0.6 is 0 Å². The zero-order valence-electron chi connectivity index (χ0n) is 17.2. The molecule has 0 aromatic heterocycles. The quantitative estimate of drug-likeness (QED) is 0.370. The molecule has 1 N–H and O–H groups in total. The van der Waals surface area contributed by atoms with Gasteiger partial charge in [0, 0.05) is 13.1 Å². The van der Waals surface area contributed by atoms with E-state index in [9.17, 15) is 14.4 Å². The first-order valence-electron chi connectivity index (χ1n) is 10.0. The van der Waals surface area contributed by atoms with Gasteiger partial charge in [-0.15, -0.1) is 0 Å². The van der Waals surface area contributed by atoms with Crippen LogP contribution in [-0.4, -0.2) is 55.0 Å². The molecule has 2 rings (SSSR count). The van der Waals surface area contributed by atoms with Gasteiger partial charge in [-0.05, 0) is 31.1 Å². The first-order valence-corrected chi connectivity index (χ1v) is 10.0. The minimum Gasteiger partial charge on any atom is -0.488 e. The van der Waals surface area contributed by atoms with Crippen molar-refractivity contribution in [1.29, 1.82) is 0 Å². The Morgan fingerprint density at radius 1 is 1.28 bits per heavy atom. The van der Waals surface area contributed by atoms with Gasteiger partial charge in [-0.25, -0.2) is 0 Å². The standard InChI is InChI=1S/C22H30N2O5/c1-4-5-8-13-28-20(25)14-18-21(26)23-11-12-24(18)22(27)17-9-6-7-10-19(17)29-15-16(2)3/h6-7,9-10,18H,2,4-5,8,11-15H2,1,3H3,(H,23,26). The average molecular weight is 402 g/mol. The zero-order chi connectivity index (χ0) is 21.2. The summed E-state index contributed by atoms with van der Waals surface area (Å²) in [4.78, 5) is 39.2. The zero-order valence-corrected chi connectivity index (χ0v) is 17.2. The lowest BCUT2D eigenvalue weighted by molar-refractivity contribution is -0.147. The third-order valence-corrected chi connectivity index (χ3v) is 4.55. The third kappa shape index (κ3) is 6.62. The van der Waals surface area contributed by atoms with Gasteiger partial charge in [-0.1, -0.05) is 38.5 Å². The predicted octanol–water partition coefficient (Wildman–Crippen LogP) is 2.71. The van der Waals surface area contributed by atoms with Crippen molar-refractivity contribution in [2.24, 2.45) is 0 Å². The number of carbonyl (C=O) groups excluding carboxylic acids is 3. The second kappa shape index (κ2) is 11.2. The van der Waals surface area contributed by atoms with Crippen molar-refractivity contribution >= 4 is 17.8 Å². The maximum absolute atomic E-state index is 13.2. The van der Waals surface area contributed by atoms with E-state index in [1.165, 1.54) is 4.90 Å². The van der Waals surface area contributed by atoms with Crippen LogP contribution in [0.2, 0.25) is 0 Å². The molecule has 7 heteroatoms. The Labute approximate surface area is 172 Å². The molecule has 29 heavy (non-hydrogen) atoms. The molecule has 1 fully saturated rings. The molecule has 0 saturated carbocycles. The number of nitrogens with zero attached hydrogens (tertiary/aromatic N) is 1. The highest BCUT2D eigenvalue weighted by Crippen LogP contribution is 2.23. The van der Waals surface area contributed by atoms with Crippen molar-refractivity contribution in [3.05, 3.63) is 42.0 Å². The predicted molar refractivity (Wildman–Crippen MR) is 110 cm³/mol. The molecule has 0 aliphatic carbocycles. The number of amides is 2. The summed E-state index contributed by atoms with van der Waals surface area (Å²) < 4.78 is 10.9. The molecule has 0 spiro atoms. The number of piperazine rings is 1. The lowest BCUT2D eigenvalue weighted by atomic mass is 10.1. The van der Waals surface area contributed by atoms with E-state index in [1.54, 1.807) is 24.3 Å². The molecule has 158 valence electrons. The number of nitrogens with one attached hydrogen (secondary N) is 1. The van der Waals surface area contributed by atoms with Crippen LogP contribution in [0, 0.1) is 0 Å². The minimum atomic E-state index is -0.899. The smallest absolute Gasteiger partial charge is 0.308 e. The van der Waals surface area contributed by atoms with Crippen LogP contribution in [0.1, 0.15) is 49.9 Å². The summed E-state index contributed by atoms with van der Waals surface area (Å²) >= 11 is 0. The second-order valence-corrected chi connectivity index (χ2v) is 7.18. The number of hydrogen-bond donors (Lipinski definition) is 1. The van der Waals surface area contributed by atoms with Crippen molar-refractivity contribution in [1.82, 2.24) is 10.2 Å². The number of rotatable bonds is 10. The molecule has 1 aliphatic heterocycles. The van der Waals surface area contributed by atoms with E-state index >= 15 is 0 Å². The Morgan fingerprint density at radius 2 is 2.03 bits per heavy atom. The monoisotopic (exact) mass is 402 g/mol. The molecular weight excluding hydrogens is 372 g/mol. The maximum Gasteiger partial charge on any atom is 0.308 e. The van der Waals surface area contributed by atoms with Crippen LogP contribution in [0.15, 0.2) is 36.4 Å². The lowest BCUT2D eigenvalue weighted by Gasteiger charge is -2.34. The maximum atomic E-state index is 13.2. The Hall–Kier alpha value is -2.83. The van der Waals surface area contributed by atoms with Gasteiger partial charge in [0.15, 0.2) is 0 Å². The average Bonchev–Trinajstić information content (AvgIpc) is 2.71. The molecule has 1 aliphatic rings. The van der Waals surface area contributed by atoms with E-state index in [2.05, 4.69) is 18.8 Å². The van der Waals surface area contributed by atoms with E-state index < -0.39 is 12.0 Å². The van der Waals surface area contributed by atoms with E-state index in [-0.39, 0.29) is 24.8 Å². The molecule has 7 nitrogen and oxygen atoms in total. The Balaban J connectivity index is 2.11. The van der Waals surface area contributed by atoms with Crippen LogP contribution in [-0.2, 0) is 14.3 Å². The molecular formula is C22H30N2O5. The molecule has 1 aromatic rings. The molecule has 1 atom stereocenters. The molecule has 1 unspecified atom stereocenters.